The summed E-state index contributed by atoms with van der Waals surface area (Å²) < 4.78 is 36.0. The topological polar surface area (TPSA) is 69.2 Å². The summed E-state index contributed by atoms with van der Waals surface area (Å²) in [5, 5.41) is 10.1. The van der Waals surface area contributed by atoms with Crippen molar-refractivity contribution < 1.29 is 18.1 Å². The molecule has 0 aromatic rings. The maximum absolute atomic E-state index is 12.0. The van der Waals surface area contributed by atoms with Gasteiger partial charge in [-0.05, 0) is 6.92 Å². The molecule has 0 aliphatic rings. The molecule has 0 saturated heterocycles. The molecule has 4 nitrogen and oxygen atoms in total. The zero-order chi connectivity index (χ0) is 11.5. The van der Waals surface area contributed by atoms with Gasteiger partial charge >= 0.3 is 6.18 Å². The average Bonchev–Trinajstić information content (AvgIpc) is 2.00. The van der Waals surface area contributed by atoms with Crippen molar-refractivity contribution in [3.05, 3.63) is 33.2 Å². The van der Waals surface area contributed by atoms with Gasteiger partial charge in [0.1, 0.15) is 0 Å². The summed E-state index contributed by atoms with van der Waals surface area (Å²) in [6, 6.07) is 0. The third kappa shape index (κ3) is 3.46. The molecule has 0 aliphatic heterocycles. The van der Waals surface area contributed by atoms with Crippen LogP contribution in [0.1, 0.15) is 13.8 Å². The summed E-state index contributed by atoms with van der Waals surface area (Å²) in [6.07, 6.45) is -3.87. The van der Waals surface area contributed by atoms with E-state index < -0.39 is 28.1 Å². The van der Waals surface area contributed by atoms with Crippen LogP contribution in [-0.4, -0.2) is 11.1 Å². The van der Waals surface area contributed by atoms with E-state index in [1.54, 1.807) is 0 Å². The molecule has 0 bridgehead atoms. The SMILES string of the molecule is C/C(=C(N)\C=C(/C)[N+](=O)[O-])C(F)(F)F. The van der Waals surface area contributed by atoms with Gasteiger partial charge in [-0.15, -0.1) is 0 Å². The smallest absolute Gasteiger partial charge is 0.398 e. The first-order chi connectivity index (χ1) is 6.16. The number of alkyl halides is 3. The van der Waals surface area contributed by atoms with Crippen LogP contribution in [0.2, 0.25) is 0 Å². The molecule has 0 spiro atoms. The van der Waals surface area contributed by atoms with Crippen LogP contribution < -0.4 is 5.73 Å². The Hall–Kier alpha value is -1.53. The number of allylic oxidation sites excluding steroid dienone is 3. The van der Waals surface area contributed by atoms with Crippen molar-refractivity contribution >= 4 is 0 Å². The third-order valence-corrected chi connectivity index (χ3v) is 1.51. The molecule has 0 fully saturated rings. The lowest BCUT2D eigenvalue weighted by Gasteiger charge is -2.07. The maximum atomic E-state index is 12.0. The summed E-state index contributed by atoms with van der Waals surface area (Å²) in [7, 11) is 0. The third-order valence-electron chi connectivity index (χ3n) is 1.51. The molecule has 2 N–H and O–H groups in total. The van der Waals surface area contributed by atoms with Gasteiger partial charge < -0.3 is 5.73 Å². The second-order valence-corrected chi connectivity index (χ2v) is 2.62. The summed E-state index contributed by atoms with van der Waals surface area (Å²) >= 11 is 0. The van der Waals surface area contributed by atoms with E-state index in [9.17, 15) is 23.3 Å². The molecule has 0 unspecified atom stereocenters. The van der Waals surface area contributed by atoms with Crippen molar-refractivity contribution in [2.45, 2.75) is 20.0 Å². The molecule has 0 heterocycles. The molecule has 0 atom stereocenters. The molecule has 0 amide bonds. The Kier molecular flexibility index (Phi) is 3.67. The quantitative estimate of drug-likeness (QED) is 0.430. The summed E-state index contributed by atoms with van der Waals surface area (Å²) in [6.45, 7) is 1.83. The van der Waals surface area contributed by atoms with Crippen LogP contribution in [0.15, 0.2) is 23.0 Å². The Morgan fingerprint density at radius 1 is 1.43 bits per heavy atom. The molecule has 0 aromatic carbocycles. The van der Waals surface area contributed by atoms with Crippen LogP contribution in [0.4, 0.5) is 13.2 Å². The Balaban J connectivity index is 5.05. The first kappa shape index (κ1) is 12.5. The summed E-state index contributed by atoms with van der Waals surface area (Å²) in [5.41, 5.74) is 2.89. The van der Waals surface area contributed by atoms with Crippen LogP contribution in [0.5, 0.6) is 0 Å². The zero-order valence-corrected chi connectivity index (χ0v) is 7.55. The number of rotatable bonds is 2. The van der Waals surface area contributed by atoms with Crippen molar-refractivity contribution in [1.29, 1.82) is 0 Å². The highest BCUT2D eigenvalue weighted by Crippen LogP contribution is 2.26. The number of halogens is 3. The molecule has 0 rings (SSSR count). The van der Waals surface area contributed by atoms with Crippen LogP contribution in [0, 0.1) is 10.1 Å². The van der Waals surface area contributed by atoms with E-state index in [0.29, 0.717) is 6.08 Å². The monoisotopic (exact) mass is 210 g/mol. The second-order valence-electron chi connectivity index (χ2n) is 2.62. The highest BCUT2D eigenvalue weighted by Gasteiger charge is 2.32. The molecule has 0 aromatic heterocycles. The van der Waals surface area contributed by atoms with Crippen molar-refractivity contribution in [1.82, 2.24) is 0 Å². The van der Waals surface area contributed by atoms with E-state index in [0.717, 1.165) is 13.8 Å². The minimum absolute atomic E-state index is 0.439. The zero-order valence-electron chi connectivity index (χ0n) is 7.55. The molecule has 80 valence electrons. The lowest BCUT2D eigenvalue weighted by molar-refractivity contribution is -0.424. The van der Waals surface area contributed by atoms with Gasteiger partial charge in [0.25, 0.3) is 0 Å². The standard InChI is InChI=1S/C7H9F3N2O2/c1-4(12(13)14)3-6(11)5(2)7(8,9)10/h3H,11H2,1-2H3/b4-3+,6-5-. The van der Waals surface area contributed by atoms with Gasteiger partial charge in [-0.1, -0.05) is 0 Å². The van der Waals surface area contributed by atoms with Crippen molar-refractivity contribution in [2.75, 3.05) is 0 Å². The average molecular weight is 210 g/mol. The maximum Gasteiger partial charge on any atom is 0.414 e. The normalized spacial score (nSPS) is 15.1. The van der Waals surface area contributed by atoms with E-state index >= 15 is 0 Å². The highest BCUT2D eigenvalue weighted by atomic mass is 19.4. The predicted octanol–water partition coefficient (Wildman–Crippen LogP) is 1.96. The summed E-state index contributed by atoms with van der Waals surface area (Å²) in [4.78, 5) is 9.28. The number of nitrogens with two attached hydrogens (primary N) is 1. The van der Waals surface area contributed by atoms with Gasteiger partial charge in [-0.2, -0.15) is 13.2 Å². The van der Waals surface area contributed by atoms with Crippen LogP contribution in [-0.2, 0) is 0 Å². The van der Waals surface area contributed by atoms with Gasteiger partial charge in [0.2, 0.25) is 5.70 Å². The molecular formula is C7H9F3N2O2. The predicted molar refractivity (Wildman–Crippen MR) is 43.7 cm³/mol. The molecule has 7 heteroatoms. The van der Waals surface area contributed by atoms with E-state index in [1.807, 2.05) is 0 Å². The lowest BCUT2D eigenvalue weighted by atomic mass is 10.2. The molecule has 0 saturated carbocycles. The molecule has 0 radical (unpaired) electrons. The number of hydrogen-bond acceptors (Lipinski definition) is 3. The second kappa shape index (κ2) is 4.12. The van der Waals surface area contributed by atoms with E-state index in [-0.39, 0.29) is 0 Å². The van der Waals surface area contributed by atoms with Crippen molar-refractivity contribution in [3.63, 3.8) is 0 Å². The number of nitro groups is 1. The van der Waals surface area contributed by atoms with Gasteiger partial charge in [0.05, 0.1) is 10.5 Å². The van der Waals surface area contributed by atoms with Gasteiger partial charge in [0, 0.05) is 18.7 Å². The van der Waals surface area contributed by atoms with Gasteiger partial charge in [-0.3, -0.25) is 10.1 Å². The van der Waals surface area contributed by atoms with Crippen LogP contribution in [0.25, 0.3) is 0 Å². The minimum Gasteiger partial charge on any atom is -0.398 e. The highest BCUT2D eigenvalue weighted by molar-refractivity contribution is 5.25. The largest absolute Gasteiger partial charge is 0.414 e. The molecule has 0 aliphatic carbocycles. The van der Waals surface area contributed by atoms with E-state index in [1.165, 1.54) is 0 Å². The van der Waals surface area contributed by atoms with Crippen LogP contribution in [0.3, 0.4) is 0 Å². The van der Waals surface area contributed by atoms with E-state index in [2.05, 4.69) is 0 Å². The fourth-order valence-corrected chi connectivity index (χ4v) is 0.550. The first-order valence-electron chi connectivity index (χ1n) is 3.52. The Morgan fingerprint density at radius 2 is 1.86 bits per heavy atom. The Morgan fingerprint density at radius 3 is 2.14 bits per heavy atom. The van der Waals surface area contributed by atoms with Gasteiger partial charge in [-0.25, -0.2) is 0 Å². The minimum atomic E-state index is -4.56. The van der Waals surface area contributed by atoms with Crippen LogP contribution >= 0.6 is 0 Å². The lowest BCUT2D eigenvalue weighted by Crippen LogP contribution is -2.15. The summed E-state index contributed by atoms with van der Waals surface area (Å²) in [5.74, 6) is 0. The fourth-order valence-electron chi connectivity index (χ4n) is 0.550. The molecular weight excluding hydrogens is 201 g/mol. The van der Waals surface area contributed by atoms with Gasteiger partial charge in [0.15, 0.2) is 0 Å². The Labute approximate surface area is 78.0 Å². The number of nitrogens with zero attached hydrogens (tertiary/aromatic N) is 1. The Bertz CT molecular complexity index is 305. The first-order valence-corrected chi connectivity index (χ1v) is 3.52. The van der Waals surface area contributed by atoms with E-state index in [4.69, 9.17) is 5.73 Å². The van der Waals surface area contributed by atoms with Crippen molar-refractivity contribution in [3.8, 4) is 0 Å². The fraction of sp³-hybridized carbons (Fsp3) is 0.429. The number of hydrogen-bond donors (Lipinski definition) is 1. The van der Waals surface area contributed by atoms with Crippen molar-refractivity contribution in [2.24, 2.45) is 5.73 Å². The molecule has 14 heavy (non-hydrogen) atoms.